The summed E-state index contributed by atoms with van der Waals surface area (Å²) in [5.41, 5.74) is 3.48. The van der Waals surface area contributed by atoms with E-state index in [2.05, 4.69) is 5.32 Å². The lowest BCUT2D eigenvalue weighted by molar-refractivity contribution is -0.140. The van der Waals surface area contributed by atoms with Crippen LogP contribution in [0.4, 0.5) is 5.69 Å². The highest BCUT2D eigenvalue weighted by Crippen LogP contribution is 2.23. The van der Waals surface area contributed by atoms with Gasteiger partial charge in [-0.2, -0.15) is 0 Å². The van der Waals surface area contributed by atoms with E-state index in [1.54, 1.807) is 24.0 Å². The molecule has 1 N–H and O–H groups in total. The average Bonchev–Trinajstić information content (AvgIpc) is 2.80. The Hall–Kier alpha value is -2.87. The van der Waals surface area contributed by atoms with Crippen molar-refractivity contribution in [2.45, 2.75) is 72.5 Å². The number of nitrogens with one attached hydrogen (secondary N) is 1. The Morgan fingerprint density at radius 1 is 0.971 bits per heavy atom. The largest absolute Gasteiger partial charge is 0.352 e. The summed E-state index contributed by atoms with van der Waals surface area (Å²) in [6.45, 7) is 10.0. The van der Waals surface area contributed by atoms with Crippen molar-refractivity contribution in [1.29, 1.82) is 0 Å². The number of amides is 2. The first-order valence-electron chi connectivity index (χ1n) is 12.1. The van der Waals surface area contributed by atoms with Crippen LogP contribution in [0.3, 0.4) is 0 Å². The van der Waals surface area contributed by atoms with Gasteiger partial charge in [0.25, 0.3) is 0 Å². The maximum absolute atomic E-state index is 13.4. The van der Waals surface area contributed by atoms with Crippen LogP contribution in [0.1, 0.15) is 56.7 Å². The van der Waals surface area contributed by atoms with Crippen molar-refractivity contribution in [2.24, 2.45) is 0 Å². The number of carbonyl (C=O) groups is 2. The fraction of sp³-hybridized carbons (Fsp3) is 0.481. The molecule has 0 fully saturated rings. The summed E-state index contributed by atoms with van der Waals surface area (Å²) in [4.78, 5) is 27.8. The lowest BCUT2D eigenvalue weighted by Crippen LogP contribution is -2.49. The normalized spacial score (nSPS) is 13.1. The summed E-state index contributed by atoms with van der Waals surface area (Å²) in [6, 6.07) is 14.4. The van der Waals surface area contributed by atoms with Gasteiger partial charge >= 0.3 is 0 Å². The van der Waals surface area contributed by atoms with Crippen molar-refractivity contribution in [3.8, 4) is 0 Å². The summed E-state index contributed by atoms with van der Waals surface area (Å²) < 4.78 is 26.3. The third kappa shape index (κ3) is 8.09. The Labute approximate surface area is 210 Å². The number of benzene rings is 2. The van der Waals surface area contributed by atoms with E-state index in [1.807, 2.05) is 64.1 Å². The summed E-state index contributed by atoms with van der Waals surface area (Å²) in [7, 11) is -3.51. The first kappa shape index (κ1) is 28.4. The topological polar surface area (TPSA) is 86.8 Å². The van der Waals surface area contributed by atoms with Gasteiger partial charge in [0.15, 0.2) is 0 Å². The van der Waals surface area contributed by atoms with E-state index >= 15 is 0 Å². The van der Waals surface area contributed by atoms with Crippen molar-refractivity contribution in [1.82, 2.24) is 10.2 Å². The molecule has 0 aliphatic carbocycles. The molecule has 0 aliphatic heterocycles. The number of sulfonamides is 1. The van der Waals surface area contributed by atoms with Gasteiger partial charge < -0.3 is 10.2 Å². The van der Waals surface area contributed by atoms with E-state index in [0.717, 1.165) is 23.1 Å². The number of nitrogens with zero attached hydrogens (tertiary/aromatic N) is 2. The Morgan fingerprint density at radius 3 is 2.14 bits per heavy atom. The van der Waals surface area contributed by atoms with Crippen LogP contribution in [0, 0.1) is 13.8 Å². The molecule has 35 heavy (non-hydrogen) atoms. The highest BCUT2D eigenvalue weighted by molar-refractivity contribution is 7.92. The van der Waals surface area contributed by atoms with Gasteiger partial charge in [-0.15, -0.1) is 0 Å². The van der Waals surface area contributed by atoms with E-state index < -0.39 is 16.1 Å². The number of carbonyl (C=O) groups excluding carboxylic acids is 2. The number of aryl methyl sites for hydroxylation is 2. The smallest absolute Gasteiger partial charge is 0.242 e. The van der Waals surface area contributed by atoms with E-state index in [9.17, 15) is 18.0 Å². The molecular formula is C27H39N3O4S. The molecule has 0 radical (unpaired) electrons. The van der Waals surface area contributed by atoms with E-state index in [0.29, 0.717) is 18.7 Å². The van der Waals surface area contributed by atoms with Gasteiger partial charge in [-0.3, -0.25) is 13.9 Å². The van der Waals surface area contributed by atoms with Gasteiger partial charge in [-0.05, 0) is 63.3 Å². The minimum atomic E-state index is -3.51. The zero-order valence-electron chi connectivity index (χ0n) is 21.7. The summed E-state index contributed by atoms with van der Waals surface area (Å²) >= 11 is 0. The standard InChI is InChI=1S/C27H39N3O4S/c1-7-22(4)28-27(32)23(5)29(19-24-15-10-8-13-20(24)2)26(31)17-12-18-30(35(6,33)34)25-16-11-9-14-21(25)3/h8-11,13-16,22-23H,7,12,17-19H2,1-6H3,(H,28,32). The monoisotopic (exact) mass is 501 g/mol. The van der Waals surface area contributed by atoms with Gasteiger partial charge in [0.2, 0.25) is 21.8 Å². The molecule has 0 saturated carbocycles. The Bertz CT molecular complexity index is 1120. The first-order valence-corrected chi connectivity index (χ1v) is 14.0. The van der Waals surface area contributed by atoms with Gasteiger partial charge in [0.1, 0.15) is 6.04 Å². The van der Waals surface area contributed by atoms with Crippen LogP contribution >= 0.6 is 0 Å². The van der Waals surface area contributed by atoms with Crippen LogP contribution in [0.25, 0.3) is 0 Å². The molecule has 0 heterocycles. The molecule has 0 spiro atoms. The van der Waals surface area contributed by atoms with Crippen LogP contribution in [0.15, 0.2) is 48.5 Å². The molecule has 192 valence electrons. The molecule has 2 unspecified atom stereocenters. The number of hydrogen-bond acceptors (Lipinski definition) is 4. The molecule has 0 bridgehead atoms. The predicted molar refractivity (Wildman–Crippen MR) is 142 cm³/mol. The Morgan fingerprint density at radius 2 is 1.57 bits per heavy atom. The minimum absolute atomic E-state index is 0.0118. The minimum Gasteiger partial charge on any atom is -0.352 e. The van der Waals surface area contributed by atoms with Crippen molar-refractivity contribution in [2.75, 3.05) is 17.1 Å². The average molecular weight is 502 g/mol. The second kappa shape index (κ2) is 12.7. The third-order valence-electron chi connectivity index (χ3n) is 6.31. The quantitative estimate of drug-likeness (QED) is 0.473. The van der Waals surface area contributed by atoms with Crippen molar-refractivity contribution in [3.05, 3.63) is 65.2 Å². The number of anilines is 1. The van der Waals surface area contributed by atoms with Crippen LogP contribution < -0.4 is 9.62 Å². The highest BCUT2D eigenvalue weighted by atomic mass is 32.2. The fourth-order valence-electron chi connectivity index (χ4n) is 3.84. The van der Waals surface area contributed by atoms with Crippen molar-refractivity contribution < 1.29 is 18.0 Å². The third-order valence-corrected chi connectivity index (χ3v) is 7.49. The van der Waals surface area contributed by atoms with Gasteiger partial charge in [0.05, 0.1) is 11.9 Å². The summed E-state index contributed by atoms with van der Waals surface area (Å²) in [5, 5.41) is 2.97. The van der Waals surface area contributed by atoms with Gasteiger partial charge in [-0.1, -0.05) is 49.4 Å². The van der Waals surface area contributed by atoms with Crippen LogP contribution in [0.2, 0.25) is 0 Å². The van der Waals surface area contributed by atoms with Crippen LogP contribution in [-0.2, 0) is 26.2 Å². The Balaban J connectivity index is 2.20. The maximum atomic E-state index is 13.4. The number of hydrogen-bond donors (Lipinski definition) is 1. The van der Waals surface area contributed by atoms with Crippen LogP contribution in [-0.4, -0.2) is 50.0 Å². The molecule has 2 aromatic carbocycles. The molecule has 0 aliphatic rings. The molecule has 0 saturated heterocycles. The molecule has 8 heteroatoms. The predicted octanol–water partition coefficient (Wildman–Crippen LogP) is 4.18. The number of para-hydroxylation sites is 1. The number of rotatable bonds is 12. The SMILES string of the molecule is CCC(C)NC(=O)C(C)N(Cc1ccccc1C)C(=O)CCCN(c1ccccc1C)S(C)(=O)=O. The van der Waals surface area contributed by atoms with Crippen LogP contribution in [0.5, 0.6) is 0 Å². The molecule has 2 atom stereocenters. The Kier molecular flexibility index (Phi) is 10.3. The molecular weight excluding hydrogens is 462 g/mol. The van der Waals surface area contributed by atoms with E-state index in [1.165, 1.54) is 10.6 Å². The highest BCUT2D eigenvalue weighted by Gasteiger charge is 2.27. The summed E-state index contributed by atoms with van der Waals surface area (Å²) in [5.74, 6) is -0.378. The van der Waals surface area contributed by atoms with Crippen molar-refractivity contribution >= 4 is 27.5 Å². The van der Waals surface area contributed by atoms with Crippen molar-refractivity contribution in [3.63, 3.8) is 0 Å². The van der Waals surface area contributed by atoms with Gasteiger partial charge in [0, 0.05) is 25.6 Å². The lowest BCUT2D eigenvalue weighted by Gasteiger charge is -2.30. The van der Waals surface area contributed by atoms with E-state index in [-0.39, 0.29) is 30.8 Å². The zero-order valence-corrected chi connectivity index (χ0v) is 22.6. The summed E-state index contributed by atoms with van der Waals surface area (Å²) in [6.07, 6.45) is 2.44. The first-order chi connectivity index (χ1) is 16.5. The maximum Gasteiger partial charge on any atom is 0.242 e. The van der Waals surface area contributed by atoms with Gasteiger partial charge in [-0.25, -0.2) is 8.42 Å². The molecule has 7 nitrogen and oxygen atoms in total. The zero-order chi connectivity index (χ0) is 26.2. The molecule has 0 aromatic heterocycles. The van der Waals surface area contributed by atoms with E-state index in [4.69, 9.17) is 0 Å². The fourth-order valence-corrected chi connectivity index (χ4v) is 4.87. The second-order valence-corrected chi connectivity index (χ2v) is 11.1. The molecule has 2 rings (SSSR count). The molecule has 2 amide bonds. The second-order valence-electron chi connectivity index (χ2n) is 9.17. The molecule has 2 aromatic rings. The lowest BCUT2D eigenvalue weighted by atomic mass is 10.1.